The maximum Gasteiger partial charge on any atom is 0.226 e. The molecule has 3 nitrogen and oxygen atoms in total. The maximum atomic E-state index is 11.6. The van der Waals surface area contributed by atoms with Crippen molar-refractivity contribution in [2.45, 2.75) is 32.8 Å². The Labute approximate surface area is 89.8 Å². The minimum Gasteiger partial charge on any atom is -0.393 e. The van der Waals surface area contributed by atoms with Crippen LogP contribution in [-0.4, -0.2) is 29.5 Å². The Bertz CT molecular complexity index is 212. The summed E-state index contributed by atoms with van der Waals surface area (Å²) in [4.78, 5) is 11.6. The van der Waals surface area contributed by atoms with E-state index in [0.717, 1.165) is 12.8 Å². The average Bonchev–Trinajstić information content (AvgIpc) is 2.10. The van der Waals surface area contributed by atoms with Crippen LogP contribution in [0.1, 0.15) is 26.7 Å². The molecule has 1 fully saturated rings. The highest BCUT2D eigenvalue weighted by molar-refractivity contribution is 6.19. The lowest BCUT2D eigenvalue weighted by molar-refractivity contribution is -0.128. The molecule has 0 bridgehead atoms. The predicted octanol–water partition coefficient (Wildman–Crippen LogP) is 1.14. The first-order valence-electron chi connectivity index (χ1n) is 4.98. The van der Waals surface area contributed by atoms with Gasteiger partial charge in [-0.2, -0.15) is 0 Å². The molecule has 2 N–H and O–H groups in total. The van der Waals surface area contributed by atoms with Gasteiger partial charge >= 0.3 is 0 Å². The number of hydrogen-bond donors (Lipinski definition) is 2. The molecule has 0 atom stereocenters. The van der Waals surface area contributed by atoms with Crippen LogP contribution < -0.4 is 5.32 Å². The number of aliphatic hydroxyl groups is 1. The van der Waals surface area contributed by atoms with Gasteiger partial charge in [0.25, 0.3) is 0 Å². The minimum absolute atomic E-state index is 0.00566. The number of aliphatic hydroxyl groups excluding tert-OH is 1. The van der Waals surface area contributed by atoms with Crippen molar-refractivity contribution in [3.63, 3.8) is 0 Å². The molecule has 0 radical (unpaired) electrons. The lowest BCUT2D eigenvalue weighted by atomic mass is 9.82. The van der Waals surface area contributed by atoms with Crippen LogP contribution in [0, 0.1) is 11.3 Å². The van der Waals surface area contributed by atoms with Crippen molar-refractivity contribution in [2.24, 2.45) is 11.3 Å². The van der Waals surface area contributed by atoms with Gasteiger partial charge in [0, 0.05) is 12.4 Å². The Morgan fingerprint density at radius 1 is 1.57 bits per heavy atom. The van der Waals surface area contributed by atoms with Crippen LogP contribution in [0.2, 0.25) is 0 Å². The van der Waals surface area contributed by atoms with E-state index in [4.69, 9.17) is 16.7 Å². The number of hydrogen-bond acceptors (Lipinski definition) is 2. The zero-order valence-corrected chi connectivity index (χ0v) is 9.47. The van der Waals surface area contributed by atoms with E-state index >= 15 is 0 Å². The van der Waals surface area contributed by atoms with Crippen LogP contribution in [0.3, 0.4) is 0 Å². The van der Waals surface area contributed by atoms with Crippen molar-refractivity contribution in [3.05, 3.63) is 0 Å². The third-order valence-corrected chi connectivity index (χ3v) is 3.38. The van der Waals surface area contributed by atoms with Crippen molar-refractivity contribution in [1.82, 2.24) is 5.32 Å². The van der Waals surface area contributed by atoms with Gasteiger partial charge in [-0.25, -0.2) is 0 Å². The minimum atomic E-state index is -0.496. The second kappa shape index (κ2) is 4.49. The number of carbonyl (C=O) groups is 1. The molecule has 4 heteroatoms. The second-order valence-electron chi connectivity index (χ2n) is 4.72. The molecule has 1 amide bonds. The Balaban J connectivity index is 2.21. The molecule has 0 aromatic rings. The highest BCUT2D eigenvalue weighted by Gasteiger charge is 2.30. The van der Waals surface area contributed by atoms with Crippen LogP contribution in [-0.2, 0) is 4.79 Å². The van der Waals surface area contributed by atoms with E-state index < -0.39 is 5.41 Å². The summed E-state index contributed by atoms with van der Waals surface area (Å²) in [6.07, 6.45) is 1.46. The molecule has 0 unspecified atom stereocenters. The number of rotatable bonds is 4. The van der Waals surface area contributed by atoms with Crippen LogP contribution in [0.5, 0.6) is 0 Å². The zero-order chi connectivity index (χ0) is 10.8. The number of alkyl halides is 1. The molecule has 0 saturated heterocycles. The Morgan fingerprint density at radius 2 is 2.14 bits per heavy atom. The largest absolute Gasteiger partial charge is 0.393 e. The summed E-state index contributed by atoms with van der Waals surface area (Å²) in [5.41, 5.74) is -0.496. The number of carbonyl (C=O) groups excluding carboxylic acids is 1. The van der Waals surface area contributed by atoms with Crippen molar-refractivity contribution < 1.29 is 9.90 Å². The van der Waals surface area contributed by atoms with Crippen LogP contribution in [0.25, 0.3) is 0 Å². The summed E-state index contributed by atoms with van der Waals surface area (Å²) >= 11 is 5.67. The van der Waals surface area contributed by atoms with Gasteiger partial charge in [-0.15, -0.1) is 11.6 Å². The van der Waals surface area contributed by atoms with E-state index in [1.807, 2.05) is 13.8 Å². The van der Waals surface area contributed by atoms with Gasteiger partial charge in [-0.05, 0) is 32.6 Å². The molecular weight excluding hydrogens is 202 g/mol. The lowest BCUT2D eigenvalue weighted by Crippen LogP contribution is -2.43. The fourth-order valence-corrected chi connectivity index (χ4v) is 1.53. The molecule has 82 valence electrons. The van der Waals surface area contributed by atoms with Crippen molar-refractivity contribution >= 4 is 17.5 Å². The third kappa shape index (κ3) is 2.85. The molecule has 0 heterocycles. The summed E-state index contributed by atoms with van der Waals surface area (Å²) in [5, 5.41) is 11.9. The Hall–Kier alpha value is -0.280. The summed E-state index contributed by atoms with van der Waals surface area (Å²) < 4.78 is 0. The van der Waals surface area contributed by atoms with Gasteiger partial charge in [0.2, 0.25) is 5.91 Å². The molecule has 0 spiro atoms. The first-order chi connectivity index (χ1) is 6.45. The summed E-state index contributed by atoms with van der Waals surface area (Å²) in [6.45, 7) is 4.31. The van der Waals surface area contributed by atoms with Gasteiger partial charge in [0.05, 0.1) is 11.5 Å². The predicted molar refractivity (Wildman–Crippen MR) is 56.2 cm³/mol. The van der Waals surface area contributed by atoms with Crippen LogP contribution >= 0.6 is 11.6 Å². The SMILES string of the molecule is CC(C)(CCl)C(=O)NCC1CC(O)C1. The zero-order valence-electron chi connectivity index (χ0n) is 8.72. The number of nitrogens with one attached hydrogen (secondary N) is 1. The van der Waals surface area contributed by atoms with E-state index in [-0.39, 0.29) is 12.0 Å². The monoisotopic (exact) mass is 219 g/mol. The standard InChI is InChI=1S/C10H18ClNO2/c1-10(2,6-11)9(14)12-5-7-3-8(13)4-7/h7-8,13H,3-6H2,1-2H3,(H,12,14). The van der Waals surface area contributed by atoms with E-state index in [1.54, 1.807) is 0 Å². The quantitative estimate of drug-likeness (QED) is 0.697. The van der Waals surface area contributed by atoms with Crippen molar-refractivity contribution in [3.8, 4) is 0 Å². The smallest absolute Gasteiger partial charge is 0.226 e. The van der Waals surface area contributed by atoms with Crippen molar-refractivity contribution in [1.29, 1.82) is 0 Å². The Morgan fingerprint density at radius 3 is 2.57 bits per heavy atom. The molecule has 1 rings (SSSR count). The van der Waals surface area contributed by atoms with Gasteiger partial charge in [0.15, 0.2) is 0 Å². The number of halogens is 1. The first kappa shape index (κ1) is 11.8. The average molecular weight is 220 g/mol. The van der Waals surface area contributed by atoms with Crippen LogP contribution in [0.4, 0.5) is 0 Å². The number of amides is 1. The molecule has 0 aromatic carbocycles. The second-order valence-corrected chi connectivity index (χ2v) is 4.99. The molecular formula is C10H18ClNO2. The summed E-state index contributed by atoms with van der Waals surface area (Å²) in [6, 6.07) is 0. The molecule has 1 aliphatic carbocycles. The lowest BCUT2D eigenvalue weighted by Gasteiger charge is -2.32. The summed E-state index contributed by atoms with van der Waals surface area (Å²) in [5.74, 6) is 0.764. The van der Waals surface area contributed by atoms with Crippen LogP contribution in [0.15, 0.2) is 0 Å². The highest BCUT2D eigenvalue weighted by Crippen LogP contribution is 2.26. The van der Waals surface area contributed by atoms with Gasteiger partial charge in [0.1, 0.15) is 0 Å². The Kier molecular flexibility index (Phi) is 3.78. The van der Waals surface area contributed by atoms with E-state index in [2.05, 4.69) is 5.32 Å². The maximum absolute atomic E-state index is 11.6. The summed E-state index contributed by atoms with van der Waals surface area (Å²) in [7, 11) is 0. The fourth-order valence-electron chi connectivity index (χ4n) is 1.40. The van der Waals surface area contributed by atoms with E-state index in [0.29, 0.717) is 18.3 Å². The van der Waals surface area contributed by atoms with Gasteiger partial charge < -0.3 is 10.4 Å². The van der Waals surface area contributed by atoms with E-state index in [1.165, 1.54) is 0 Å². The van der Waals surface area contributed by atoms with Gasteiger partial charge in [-0.3, -0.25) is 4.79 Å². The topological polar surface area (TPSA) is 49.3 Å². The molecule has 1 saturated carbocycles. The highest BCUT2D eigenvalue weighted by atomic mass is 35.5. The molecule has 0 aromatic heterocycles. The first-order valence-corrected chi connectivity index (χ1v) is 5.51. The fraction of sp³-hybridized carbons (Fsp3) is 0.900. The normalized spacial score (nSPS) is 26.9. The van der Waals surface area contributed by atoms with Crippen molar-refractivity contribution in [2.75, 3.05) is 12.4 Å². The molecule has 1 aliphatic rings. The molecule has 14 heavy (non-hydrogen) atoms. The third-order valence-electron chi connectivity index (χ3n) is 2.71. The van der Waals surface area contributed by atoms with Gasteiger partial charge in [-0.1, -0.05) is 0 Å². The molecule has 0 aliphatic heterocycles. The van der Waals surface area contributed by atoms with E-state index in [9.17, 15) is 4.79 Å².